The molecule has 1 fully saturated rings. The minimum atomic E-state index is -1.30. The van der Waals surface area contributed by atoms with Crippen LogP contribution in [0.5, 0.6) is 0 Å². The van der Waals surface area contributed by atoms with E-state index in [-0.39, 0.29) is 25.7 Å². The molecule has 1 saturated heterocycles. The van der Waals surface area contributed by atoms with Gasteiger partial charge in [-0.05, 0) is 48.7 Å². The molecule has 11 heteroatoms. The Labute approximate surface area is 253 Å². The van der Waals surface area contributed by atoms with Crippen LogP contribution in [-0.4, -0.2) is 57.5 Å². The number of aromatic amines is 1. The number of para-hydroxylation sites is 1. The zero-order valence-electron chi connectivity index (χ0n) is 24.7. The molecule has 44 heavy (non-hydrogen) atoms. The molecule has 228 valence electrons. The van der Waals surface area contributed by atoms with Gasteiger partial charge < -0.3 is 25.2 Å². The van der Waals surface area contributed by atoms with Gasteiger partial charge in [0.05, 0.1) is 0 Å². The normalized spacial score (nSPS) is 14.8. The number of alkyl carbamates (subject to hydrolysis) is 1. The maximum Gasteiger partial charge on any atom is 0.408 e. The lowest BCUT2D eigenvalue weighted by molar-refractivity contribution is -0.199. The van der Waals surface area contributed by atoms with Crippen LogP contribution < -0.4 is 10.6 Å². The molecule has 2 atom stereocenters. The third-order valence-electron chi connectivity index (χ3n) is 7.15. The minimum Gasteiger partial charge on any atom is -0.444 e. The van der Waals surface area contributed by atoms with Gasteiger partial charge >= 0.3 is 12.1 Å². The Hall–Kier alpha value is -5.19. The van der Waals surface area contributed by atoms with Gasteiger partial charge in [0, 0.05) is 42.8 Å². The lowest BCUT2D eigenvalue weighted by Crippen LogP contribution is -2.54. The van der Waals surface area contributed by atoms with Gasteiger partial charge in [-0.25, -0.2) is 9.59 Å². The SMILES string of the molecule is CC(C)(C)OC(=O)N[C@@H](Cc1c[nH]c2ccccc12)C(=O)N[C@@H](Cc1ccc2ccccc2c1)C(=O)ON1C(=O)CCC1=O. The highest BCUT2D eigenvalue weighted by Gasteiger charge is 2.36. The van der Waals surface area contributed by atoms with Crippen molar-refractivity contribution in [1.29, 1.82) is 0 Å². The molecule has 11 nitrogen and oxygen atoms in total. The Morgan fingerprint density at radius 2 is 1.55 bits per heavy atom. The van der Waals surface area contributed by atoms with E-state index in [1.165, 1.54) is 0 Å². The van der Waals surface area contributed by atoms with Crippen molar-refractivity contribution in [3.8, 4) is 0 Å². The van der Waals surface area contributed by atoms with Crippen LogP contribution in [0.2, 0.25) is 0 Å². The molecule has 0 unspecified atom stereocenters. The first-order valence-corrected chi connectivity index (χ1v) is 14.4. The van der Waals surface area contributed by atoms with E-state index >= 15 is 0 Å². The first-order chi connectivity index (χ1) is 21.0. The van der Waals surface area contributed by atoms with Crippen molar-refractivity contribution in [2.75, 3.05) is 0 Å². The number of imide groups is 1. The molecule has 3 N–H and O–H groups in total. The number of fused-ring (bicyclic) bond motifs is 2. The van der Waals surface area contributed by atoms with E-state index in [1.54, 1.807) is 27.0 Å². The van der Waals surface area contributed by atoms with Crippen molar-refractivity contribution >= 4 is 51.5 Å². The smallest absolute Gasteiger partial charge is 0.408 e. The number of hydrogen-bond donors (Lipinski definition) is 3. The van der Waals surface area contributed by atoms with Crippen molar-refractivity contribution in [1.82, 2.24) is 20.7 Å². The fourth-order valence-corrected chi connectivity index (χ4v) is 5.06. The third kappa shape index (κ3) is 7.23. The molecule has 4 amide bonds. The zero-order chi connectivity index (χ0) is 31.4. The second kappa shape index (κ2) is 12.6. The summed E-state index contributed by atoms with van der Waals surface area (Å²) in [6.45, 7) is 5.12. The molecule has 1 aliphatic rings. The number of nitrogens with one attached hydrogen (secondary N) is 3. The first kappa shape index (κ1) is 30.3. The van der Waals surface area contributed by atoms with Gasteiger partial charge in [0.1, 0.15) is 17.7 Å². The molecule has 3 aromatic carbocycles. The predicted molar refractivity (Wildman–Crippen MR) is 162 cm³/mol. The monoisotopic (exact) mass is 598 g/mol. The van der Waals surface area contributed by atoms with Crippen LogP contribution >= 0.6 is 0 Å². The highest BCUT2D eigenvalue weighted by molar-refractivity contribution is 6.02. The maximum absolute atomic E-state index is 13.8. The molecule has 0 spiro atoms. The van der Waals surface area contributed by atoms with E-state index in [0.29, 0.717) is 10.6 Å². The molecule has 2 heterocycles. The molecule has 0 bridgehead atoms. The second-order valence-electron chi connectivity index (χ2n) is 11.7. The van der Waals surface area contributed by atoms with Gasteiger partial charge in [0.2, 0.25) is 5.91 Å². The Morgan fingerprint density at radius 1 is 0.864 bits per heavy atom. The number of ether oxygens (including phenoxy) is 1. The Kier molecular flexibility index (Phi) is 8.66. The van der Waals surface area contributed by atoms with Crippen LogP contribution in [-0.2, 0) is 41.6 Å². The topological polar surface area (TPSA) is 147 Å². The predicted octanol–water partition coefficient (Wildman–Crippen LogP) is 4.09. The number of nitrogens with zero attached hydrogens (tertiary/aromatic N) is 1. The van der Waals surface area contributed by atoms with Crippen LogP contribution in [0.3, 0.4) is 0 Å². The van der Waals surface area contributed by atoms with E-state index in [9.17, 15) is 24.0 Å². The fraction of sp³-hybridized carbons (Fsp3) is 0.303. The van der Waals surface area contributed by atoms with Crippen LogP contribution in [0.25, 0.3) is 21.7 Å². The van der Waals surface area contributed by atoms with Crippen molar-refractivity contribution < 1.29 is 33.5 Å². The summed E-state index contributed by atoms with van der Waals surface area (Å²) in [5.74, 6) is -2.94. The van der Waals surface area contributed by atoms with Crippen molar-refractivity contribution in [3.05, 3.63) is 84.1 Å². The van der Waals surface area contributed by atoms with E-state index in [4.69, 9.17) is 9.57 Å². The number of carbonyl (C=O) groups is 5. The van der Waals surface area contributed by atoms with E-state index in [1.807, 2.05) is 66.7 Å². The van der Waals surface area contributed by atoms with Crippen molar-refractivity contribution in [2.24, 2.45) is 0 Å². The minimum absolute atomic E-state index is 0.00211. The van der Waals surface area contributed by atoms with Gasteiger partial charge in [0.25, 0.3) is 11.8 Å². The summed E-state index contributed by atoms with van der Waals surface area (Å²) in [6.07, 6.45) is 0.890. The van der Waals surface area contributed by atoms with Gasteiger partial charge in [-0.2, -0.15) is 0 Å². The quantitative estimate of drug-likeness (QED) is 0.246. The number of hydrogen-bond acceptors (Lipinski definition) is 7. The average molecular weight is 599 g/mol. The second-order valence-corrected chi connectivity index (χ2v) is 11.7. The van der Waals surface area contributed by atoms with Gasteiger partial charge in [0.15, 0.2) is 0 Å². The number of amides is 4. The molecule has 0 saturated carbocycles. The molecule has 4 aromatic rings. The van der Waals surface area contributed by atoms with Crippen LogP contribution in [0, 0.1) is 0 Å². The lowest BCUT2D eigenvalue weighted by atomic mass is 10.0. The molecule has 1 aromatic heterocycles. The molecule has 0 aliphatic carbocycles. The number of H-pyrrole nitrogens is 1. The largest absolute Gasteiger partial charge is 0.444 e. The summed E-state index contributed by atoms with van der Waals surface area (Å²) in [7, 11) is 0. The van der Waals surface area contributed by atoms with Crippen molar-refractivity contribution in [2.45, 2.75) is 64.1 Å². The number of rotatable bonds is 9. The van der Waals surface area contributed by atoms with Crippen LogP contribution in [0.15, 0.2) is 72.9 Å². The summed E-state index contributed by atoms with van der Waals surface area (Å²) in [4.78, 5) is 72.8. The zero-order valence-corrected chi connectivity index (χ0v) is 24.7. The average Bonchev–Trinajstić information content (AvgIpc) is 3.53. The third-order valence-corrected chi connectivity index (χ3v) is 7.15. The maximum atomic E-state index is 13.8. The summed E-state index contributed by atoms with van der Waals surface area (Å²) in [5.41, 5.74) is 1.51. The number of benzene rings is 3. The summed E-state index contributed by atoms with van der Waals surface area (Å²) in [5, 5.41) is 8.58. The molecular weight excluding hydrogens is 564 g/mol. The van der Waals surface area contributed by atoms with Gasteiger partial charge in [-0.15, -0.1) is 5.06 Å². The van der Waals surface area contributed by atoms with Crippen LogP contribution in [0.1, 0.15) is 44.7 Å². The number of carbonyl (C=O) groups excluding carboxylic acids is 5. The molecule has 1 aliphatic heterocycles. The highest BCUT2D eigenvalue weighted by Crippen LogP contribution is 2.21. The first-order valence-electron chi connectivity index (χ1n) is 14.4. The van der Waals surface area contributed by atoms with Gasteiger partial charge in [-0.1, -0.05) is 60.7 Å². The highest BCUT2D eigenvalue weighted by atomic mass is 16.7. The standard InChI is InChI=1S/C33H34N4O7/c1-33(2,3)43-32(42)36-26(18-23-19-34-25-11-7-6-10-24(23)25)30(40)35-27(31(41)44-37-28(38)14-15-29(37)39)17-20-12-13-21-8-4-5-9-22(21)16-20/h4-13,16,19,26-27,34H,14-15,17-18H2,1-3H3,(H,35,40)(H,36,42)/t26-,27-/m0/s1. The summed E-state index contributed by atoms with van der Waals surface area (Å²) in [6, 6.07) is 18.4. The summed E-state index contributed by atoms with van der Waals surface area (Å²) < 4.78 is 5.42. The fourth-order valence-electron chi connectivity index (χ4n) is 5.06. The molecule has 0 radical (unpaired) electrons. The number of aromatic nitrogens is 1. The molecular formula is C33H34N4O7. The number of hydroxylamine groups is 2. The van der Waals surface area contributed by atoms with Crippen LogP contribution in [0.4, 0.5) is 4.79 Å². The van der Waals surface area contributed by atoms with E-state index in [0.717, 1.165) is 27.2 Å². The van der Waals surface area contributed by atoms with Gasteiger partial charge in [-0.3, -0.25) is 14.4 Å². The Morgan fingerprint density at radius 3 is 2.27 bits per heavy atom. The van der Waals surface area contributed by atoms with E-state index in [2.05, 4.69) is 15.6 Å². The lowest BCUT2D eigenvalue weighted by Gasteiger charge is -2.25. The summed E-state index contributed by atoms with van der Waals surface area (Å²) >= 11 is 0. The van der Waals surface area contributed by atoms with Crippen molar-refractivity contribution in [3.63, 3.8) is 0 Å². The Bertz CT molecular complexity index is 1720. The Balaban J connectivity index is 1.42. The van der Waals surface area contributed by atoms with E-state index < -0.39 is 47.5 Å². The molecule has 5 rings (SSSR count).